The second-order valence-electron chi connectivity index (χ2n) is 7.90. The number of anilines is 1. The number of nitriles is 1. The average Bonchev–Trinajstić information content (AvgIpc) is 3.21. The van der Waals surface area contributed by atoms with Gasteiger partial charge in [-0.15, -0.1) is 0 Å². The predicted octanol–water partition coefficient (Wildman–Crippen LogP) is 1.91. The zero-order chi connectivity index (χ0) is 26.6. The van der Waals surface area contributed by atoms with E-state index >= 15 is 0 Å². The van der Waals surface area contributed by atoms with Crippen LogP contribution in [0.5, 0.6) is 5.88 Å². The van der Waals surface area contributed by atoms with Crippen LogP contribution < -0.4 is 15.3 Å². The molecule has 2 aliphatic rings. The minimum Gasteiger partial charge on any atom is -0.475 e. The van der Waals surface area contributed by atoms with Gasteiger partial charge in [-0.05, 0) is 17.7 Å². The third kappa shape index (κ3) is 5.91. The van der Waals surface area contributed by atoms with Gasteiger partial charge in [0.15, 0.2) is 0 Å². The number of halogens is 4. The highest BCUT2D eigenvalue weighted by Crippen LogP contribution is 2.29. The number of carbonyl (C=O) groups is 2. The molecule has 1 N–H and O–H groups in total. The summed E-state index contributed by atoms with van der Waals surface area (Å²) in [5, 5.41) is 16.1. The number of carboxylic acids is 1. The van der Waals surface area contributed by atoms with E-state index in [9.17, 15) is 27.2 Å². The Morgan fingerprint density at radius 3 is 2.56 bits per heavy atom. The molecule has 0 aliphatic carbocycles. The zero-order valence-electron chi connectivity index (χ0n) is 19.0. The molecular formula is C22H21F4N5O5. The van der Waals surface area contributed by atoms with E-state index in [2.05, 4.69) is 9.88 Å². The molecule has 0 bridgehead atoms. The summed E-state index contributed by atoms with van der Waals surface area (Å²) in [6.07, 6.45) is -4.62. The maximum Gasteiger partial charge on any atom is 0.490 e. The second-order valence-corrected chi connectivity index (χ2v) is 7.90. The van der Waals surface area contributed by atoms with Crippen LogP contribution in [0.1, 0.15) is 24.5 Å². The van der Waals surface area contributed by atoms with E-state index in [0.29, 0.717) is 38.2 Å². The Kier molecular flexibility index (Phi) is 7.81. The van der Waals surface area contributed by atoms with Crippen molar-refractivity contribution in [2.45, 2.75) is 38.7 Å². The van der Waals surface area contributed by atoms with Crippen molar-refractivity contribution in [1.82, 2.24) is 14.5 Å². The Balaban J connectivity index is 0.000000454. The third-order valence-electron chi connectivity index (χ3n) is 5.57. The summed E-state index contributed by atoms with van der Waals surface area (Å²) in [5.41, 5.74) is 0.141. The number of nitrogens with zero attached hydrogens (tertiary/aromatic N) is 5. The number of fused-ring (bicyclic) bond motifs is 3. The van der Waals surface area contributed by atoms with Crippen molar-refractivity contribution in [2.24, 2.45) is 0 Å². The summed E-state index contributed by atoms with van der Waals surface area (Å²) in [5.74, 6) is -2.32. The van der Waals surface area contributed by atoms with Gasteiger partial charge in [0, 0.05) is 32.1 Å². The second kappa shape index (κ2) is 10.6. The molecule has 4 rings (SSSR count). The van der Waals surface area contributed by atoms with E-state index in [1.807, 2.05) is 11.8 Å². The molecule has 10 nitrogen and oxygen atoms in total. The first kappa shape index (κ1) is 26.5. The number of piperazine rings is 1. The number of hydrogen-bond acceptors (Lipinski definition) is 7. The Bertz CT molecular complexity index is 1260. The third-order valence-corrected chi connectivity index (χ3v) is 5.57. The van der Waals surface area contributed by atoms with E-state index < -0.39 is 23.7 Å². The highest BCUT2D eigenvalue weighted by molar-refractivity contribution is 5.76. The van der Waals surface area contributed by atoms with Gasteiger partial charge in [-0.2, -0.15) is 23.4 Å². The number of hydrogen-bond donors (Lipinski definition) is 1. The number of carboxylic acid groups (broad SMARTS) is 1. The van der Waals surface area contributed by atoms with Crippen LogP contribution in [0, 0.1) is 17.1 Å². The van der Waals surface area contributed by atoms with Gasteiger partial charge in [-0.1, -0.05) is 13.0 Å². The molecule has 1 aromatic heterocycles. The molecule has 2 aliphatic heterocycles. The van der Waals surface area contributed by atoms with Crippen molar-refractivity contribution in [3.05, 3.63) is 51.7 Å². The van der Waals surface area contributed by atoms with Crippen molar-refractivity contribution in [3.63, 3.8) is 0 Å². The normalized spacial score (nSPS) is 16.3. The fraction of sp³-hybridized carbons (Fsp3) is 0.409. The Labute approximate surface area is 201 Å². The molecule has 14 heteroatoms. The number of ether oxygens (including phenoxy) is 1. The quantitative estimate of drug-likeness (QED) is 0.617. The molecule has 1 unspecified atom stereocenters. The summed E-state index contributed by atoms with van der Waals surface area (Å²) in [6, 6.07) is 7.69. The molecule has 1 saturated heterocycles. The van der Waals surface area contributed by atoms with Gasteiger partial charge >= 0.3 is 17.8 Å². The fourth-order valence-electron chi connectivity index (χ4n) is 3.84. The number of alkyl halides is 3. The summed E-state index contributed by atoms with van der Waals surface area (Å²) >= 11 is 0. The molecule has 3 heterocycles. The first-order valence-electron chi connectivity index (χ1n) is 10.7. The minimum absolute atomic E-state index is 0.0410. The molecular weight excluding hydrogens is 490 g/mol. The topological polar surface area (TPSA) is 129 Å². The van der Waals surface area contributed by atoms with Gasteiger partial charge < -0.3 is 19.6 Å². The molecule has 36 heavy (non-hydrogen) atoms. The number of rotatable bonds is 4. The van der Waals surface area contributed by atoms with Crippen LogP contribution in [0.3, 0.4) is 0 Å². The number of aliphatic carboxylic acids is 1. The lowest BCUT2D eigenvalue weighted by Crippen LogP contribution is -2.53. The number of benzene rings is 1. The van der Waals surface area contributed by atoms with Crippen molar-refractivity contribution < 1.29 is 37.0 Å². The average molecular weight is 511 g/mol. The van der Waals surface area contributed by atoms with E-state index in [0.717, 1.165) is 5.82 Å². The smallest absolute Gasteiger partial charge is 0.475 e. The molecule has 1 atom stereocenters. The lowest BCUT2D eigenvalue weighted by molar-refractivity contribution is -0.192. The summed E-state index contributed by atoms with van der Waals surface area (Å²) < 4.78 is 52.4. The zero-order valence-corrected chi connectivity index (χ0v) is 19.0. The van der Waals surface area contributed by atoms with Crippen molar-refractivity contribution >= 4 is 17.7 Å². The van der Waals surface area contributed by atoms with Crippen LogP contribution in [-0.2, 0) is 22.7 Å². The van der Waals surface area contributed by atoms with E-state index in [-0.39, 0.29) is 30.0 Å². The van der Waals surface area contributed by atoms with E-state index in [1.165, 1.54) is 18.2 Å². The SMILES string of the molecule is CCC(=O)N1CCN2c3cc(OCc4ccc(F)c(C#N)c4)nc(=O)n3CC2C1.O=C(O)C(F)(F)F. The van der Waals surface area contributed by atoms with Crippen molar-refractivity contribution in [1.29, 1.82) is 5.26 Å². The Hall–Kier alpha value is -4.15. The predicted molar refractivity (Wildman–Crippen MR) is 116 cm³/mol. The first-order chi connectivity index (χ1) is 16.9. The highest BCUT2D eigenvalue weighted by Gasteiger charge is 2.38. The molecule has 0 radical (unpaired) electrons. The van der Waals surface area contributed by atoms with Crippen LogP contribution in [-0.4, -0.2) is 63.3 Å². The molecule has 1 aromatic carbocycles. The summed E-state index contributed by atoms with van der Waals surface area (Å²) in [7, 11) is 0. The van der Waals surface area contributed by atoms with Crippen LogP contribution in [0.25, 0.3) is 0 Å². The molecule has 2 aromatic rings. The molecule has 192 valence electrons. The molecule has 0 saturated carbocycles. The van der Waals surface area contributed by atoms with Gasteiger partial charge in [0.1, 0.15) is 24.3 Å². The fourth-order valence-corrected chi connectivity index (χ4v) is 3.84. The van der Waals surface area contributed by atoms with Gasteiger partial charge in [-0.25, -0.2) is 14.0 Å². The molecule has 1 fully saturated rings. The van der Waals surface area contributed by atoms with Crippen LogP contribution in [0.15, 0.2) is 29.1 Å². The maximum atomic E-state index is 13.4. The van der Waals surface area contributed by atoms with Crippen LogP contribution in [0.2, 0.25) is 0 Å². The van der Waals surface area contributed by atoms with Gasteiger partial charge in [0.2, 0.25) is 11.8 Å². The Morgan fingerprint density at radius 2 is 1.94 bits per heavy atom. The minimum atomic E-state index is -5.08. The number of aromatic nitrogens is 2. The van der Waals surface area contributed by atoms with Crippen molar-refractivity contribution in [3.8, 4) is 11.9 Å². The highest BCUT2D eigenvalue weighted by atomic mass is 19.4. The van der Waals surface area contributed by atoms with Crippen molar-refractivity contribution in [2.75, 3.05) is 24.5 Å². The molecule has 0 spiro atoms. The largest absolute Gasteiger partial charge is 0.490 e. The summed E-state index contributed by atoms with van der Waals surface area (Å²) in [4.78, 5) is 41.3. The van der Waals surface area contributed by atoms with E-state index in [1.54, 1.807) is 16.7 Å². The number of amides is 1. The van der Waals surface area contributed by atoms with Gasteiger partial charge in [0.05, 0.1) is 18.2 Å². The standard InChI is InChI=1S/C20H20FN5O3.C2HF3O2/c1-2-19(27)24-5-6-25-15(10-24)11-26-18(25)8-17(23-20(26)28)29-12-13-3-4-16(21)14(7-13)9-22;3-2(4,5)1(6)7/h3-4,7-8,15H,2,5-6,10-12H2,1H3;(H,6,7). The van der Waals surface area contributed by atoms with Gasteiger partial charge in [0.25, 0.3) is 0 Å². The van der Waals surface area contributed by atoms with Gasteiger partial charge in [-0.3, -0.25) is 9.36 Å². The van der Waals surface area contributed by atoms with Crippen LogP contribution in [0.4, 0.5) is 23.4 Å². The summed E-state index contributed by atoms with van der Waals surface area (Å²) in [6.45, 7) is 4.23. The number of carbonyl (C=O) groups excluding carboxylic acids is 1. The van der Waals surface area contributed by atoms with Crippen LogP contribution >= 0.6 is 0 Å². The van der Waals surface area contributed by atoms with E-state index in [4.69, 9.17) is 19.9 Å². The molecule has 1 amide bonds. The monoisotopic (exact) mass is 511 g/mol. The lowest BCUT2D eigenvalue weighted by Gasteiger charge is -2.38. The lowest BCUT2D eigenvalue weighted by atomic mass is 10.1. The first-order valence-corrected chi connectivity index (χ1v) is 10.7. The maximum absolute atomic E-state index is 13.4. The Morgan fingerprint density at radius 1 is 1.25 bits per heavy atom.